The molecule has 3 aromatic heterocycles. The van der Waals surface area contributed by atoms with Gasteiger partial charge >= 0.3 is 0 Å². The second-order valence-corrected chi connectivity index (χ2v) is 6.48. The Labute approximate surface area is 151 Å². The molecule has 1 unspecified atom stereocenters. The van der Waals surface area contributed by atoms with Gasteiger partial charge < -0.3 is 4.74 Å². The average Bonchev–Trinajstić information content (AvgIpc) is 3.13. The van der Waals surface area contributed by atoms with Gasteiger partial charge in [0.05, 0.1) is 36.7 Å². The molecule has 5 rings (SSSR count). The molecule has 6 nitrogen and oxygen atoms in total. The summed E-state index contributed by atoms with van der Waals surface area (Å²) in [5.41, 5.74) is 4.17. The summed E-state index contributed by atoms with van der Waals surface area (Å²) >= 11 is 0. The first-order valence-corrected chi connectivity index (χ1v) is 8.85. The number of hydrogen-bond donors (Lipinski definition) is 0. The normalized spacial score (nSPS) is 16.9. The van der Waals surface area contributed by atoms with Gasteiger partial charge in [-0.25, -0.2) is 9.50 Å². The minimum Gasteiger partial charge on any atom is -0.379 e. The lowest BCUT2D eigenvalue weighted by molar-refractivity contribution is 0.0229. The second kappa shape index (κ2) is 6.48. The molecular weight excluding hydrogens is 326 g/mol. The van der Waals surface area contributed by atoms with Crippen LogP contribution < -0.4 is 0 Å². The number of aromatic nitrogens is 4. The Kier molecular flexibility index (Phi) is 3.84. The summed E-state index contributed by atoms with van der Waals surface area (Å²) in [6, 6.07) is 14.5. The van der Waals surface area contributed by atoms with Crippen molar-refractivity contribution >= 4 is 16.6 Å². The number of nitrogens with zero attached hydrogens (tertiary/aromatic N) is 5. The van der Waals surface area contributed by atoms with Crippen LogP contribution in [0.15, 0.2) is 61.1 Å². The van der Waals surface area contributed by atoms with Crippen LogP contribution in [-0.2, 0) is 4.74 Å². The van der Waals surface area contributed by atoms with E-state index >= 15 is 0 Å². The van der Waals surface area contributed by atoms with Gasteiger partial charge in [0, 0.05) is 30.9 Å². The lowest BCUT2D eigenvalue weighted by atomic mass is 10.00. The summed E-state index contributed by atoms with van der Waals surface area (Å²) < 4.78 is 7.51. The van der Waals surface area contributed by atoms with E-state index in [4.69, 9.17) is 4.74 Å². The molecular formula is C20H19N5O. The first kappa shape index (κ1) is 15.4. The zero-order valence-electron chi connectivity index (χ0n) is 14.3. The maximum atomic E-state index is 5.57. The third kappa shape index (κ3) is 2.64. The molecule has 0 amide bonds. The highest BCUT2D eigenvalue weighted by atomic mass is 16.5. The molecule has 1 atom stereocenters. The van der Waals surface area contributed by atoms with Crippen molar-refractivity contribution in [3.8, 4) is 0 Å². The topological polar surface area (TPSA) is 55.5 Å². The molecule has 1 aromatic carbocycles. The van der Waals surface area contributed by atoms with Crippen LogP contribution in [0.25, 0.3) is 16.6 Å². The van der Waals surface area contributed by atoms with Crippen LogP contribution in [0.3, 0.4) is 0 Å². The Hall–Kier alpha value is -2.83. The molecule has 0 aliphatic carbocycles. The van der Waals surface area contributed by atoms with E-state index in [1.54, 1.807) is 6.20 Å². The Morgan fingerprint density at radius 3 is 2.77 bits per heavy atom. The number of morpholine rings is 1. The van der Waals surface area contributed by atoms with E-state index < -0.39 is 0 Å². The fourth-order valence-electron chi connectivity index (χ4n) is 3.70. The Balaban J connectivity index is 1.67. The third-order valence-electron chi connectivity index (χ3n) is 4.94. The van der Waals surface area contributed by atoms with Crippen LogP contribution in [0.1, 0.15) is 17.3 Å². The largest absolute Gasteiger partial charge is 0.379 e. The van der Waals surface area contributed by atoms with E-state index in [1.807, 2.05) is 35.1 Å². The van der Waals surface area contributed by atoms with Crippen molar-refractivity contribution in [2.75, 3.05) is 26.3 Å². The average molecular weight is 345 g/mol. The van der Waals surface area contributed by atoms with Gasteiger partial charge in [0.25, 0.3) is 0 Å². The second-order valence-electron chi connectivity index (χ2n) is 6.48. The Morgan fingerprint density at radius 2 is 1.85 bits per heavy atom. The lowest BCUT2D eigenvalue weighted by Crippen LogP contribution is -2.40. The summed E-state index contributed by atoms with van der Waals surface area (Å²) in [5.74, 6) is 0. The molecule has 0 radical (unpaired) electrons. The molecule has 0 N–H and O–H groups in total. The molecule has 130 valence electrons. The van der Waals surface area contributed by atoms with Crippen molar-refractivity contribution in [2.24, 2.45) is 0 Å². The summed E-state index contributed by atoms with van der Waals surface area (Å²) in [7, 11) is 0. The molecule has 4 heterocycles. The van der Waals surface area contributed by atoms with Crippen molar-refractivity contribution in [3.05, 3.63) is 72.3 Å². The third-order valence-corrected chi connectivity index (χ3v) is 4.94. The minimum atomic E-state index is 0.0772. The van der Waals surface area contributed by atoms with Gasteiger partial charge in [0.15, 0.2) is 5.65 Å². The number of hydrogen-bond acceptors (Lipinski definition) is 5. The minimum absolute atomic E-state index is 0.0772. The van der Waals surface area contributed by atoms with Crippen LogP contribution in [0.4, 0.5) is 0 Å². The van der Waals surface area contributed by atoms with Crippen molar-refractivity contribution in [2.45, 2.75) is 6.04 Å². The number of benzene rings is 1. The van der Waals surface area contributed by atoms with E-state index in [1.165, 1.54) is 5.56 Å². The number of rotatable bonds is 3. The van der Waals surface area contributed by atoms with Crippen molar-refractivity contribution in [3.63, 3.8) is 0 Å². The summed E-state index contributed by atoms with van der Waals surface area (Å²) in [5, 5.41) is 5.67. The number of ether oxygens (including phenoxy) is 1. The molecule has 1 fully saturated rings. The number of imidazole rings is 1. The molecule has 1 saturated heterocycles. The van der Waals surface area contributed by atoms with Crippen molar-refractivity contribution in [1.82, 2.24) is 24.5 Å². The summed E-state index contributed by atoms with van der Waals surface area (Å²) in [6.07, 6.45) is 5.57. The van der Waals surface area contributed by atoms with E-state index in [0.717, 1.165) is 48.5 Å². The molecule has 0 spiro atoms. The summed E-state index contributed by atoms with van der Waals surface area (Å²) in [4.78, 5) is 11.4. The van der Waals surface area contributed by atoms with Crippen molar-refractivity contribution < 1.29 is 4.74 Å². The molecule has 26 heavy (non-hydrogen) atoms. The molecule has 4 aromatic rings. The van der Waals surface area contributed by atoms with Gasteiger partial charge in [-0.3, -0.25) is 9.88 Å². The van der Waals surface area contributed by atoms with E-state index in [2.05, 4.69) is 44.2 Å². The highest BCUT2D eigenvalue weighted by Gasteiger charge is 2.27. The van der Waals surface area contributed by atoms with Gasteiger partial charge in [-0.2, -0.15) is 5.10 Å². The van der Waals surface area contributed by atoms with Gasteiger partial charge in [-0.15, -0.1) is 0 Å². The summed E-state index contributed by atoms with van der Waals surface area (Å²) in [6.45, 7) is 3.26. The SMILES string of the molecule is c1cnc2ccc(C(c3cnc4cccnn34)N3CCOCC3)cc2c1. The van der Waals surface area contributed by atoms with Crippen LogP contribution in [0.5, 0.6) is 0 Å². The zero-order chi connectivity index (χ0) is 17.3. The predicted molar refractivity (Wildman–Crippen MR) is 99.0 cm³/mol. The van der Waals surface area contributed by atoms with E-state index in [9.17, 15) is 0 Å². The lowest BCUT2D eigenvalue weighted by Gasteiger charge is -2.34. The quantitative estimate of drug-likeness (QED) is 0.571. The molecule has 0 saturated carbocycles. The van der Waals surface area contributed by atoms with E-state index in [0.29, 0.717) is 0 Å². The first-order chi connectivity index (χ1) is 12.9. The number of fused-ring (bicyclic) bond motifs is 2. The molecule has 1 aliphatic heterocycles. The van der Waals surface area contributed by atoms with Crippen molar-refractivity contribution in [1.29, 1.82) is 0 Å². The smallest absolute Gasteiger partial charge is 0.153 e. The first-order valence-electron chi connectivity index (χ1n) is 8.85. The van der Waals surface area contributed by atoms with Gasteiger partial charge in [0.2, 0.25) is 0 Å². The van der Waals surface area contributed by atoms with Crippen LogP contribution in [0.2, 0.25) is 0 Å². The molecule has 1 aliphatic rings. The highest BCUT2D eigenvalue weighted by molar-refractivity contribution is 5.79. The van der Waals surface area contributed by atoms with Gasteiger partial charge in [-0.05, 0) is 35.9 Å². The Morgan fingerprint density at radius 1 is 0.962 bits per heavy atom. The zero-order valence-corrected chi connectivity index (χ0v) is 14.3. The maximum absolute atomic E-state index is 5.57. The van der Waals surface area contributed by atoms with Gasteiger partial charge in [-0.1, -0.05) is 12.1 Å². The highest BCUT2D eigenvalue weighted by Crippen LogP contribution is 2.31. The molecule has 6 heteroatoms. The fourth-order valence-corrected chi connectivity index (χ4v) is 3.70. The standard InChI is InChI=1S/C20H19N5O/c1-3-15-13-16(5-6-17(15)21-7-1)20(24-9-11-26-12-10-24)18-14-22-19-4-2-8-23-25(18)19/h1-8,13-14,20H,9-12H2. The van der Waals surface area contributed by atoms with Crippen LogP contribution >= 0.6 is 0 Å². The molecule has 0 bridgehead atoms. The monoisotopic (exact) mass is 345 g/mol. The van der Waals surface area contributed by atoms with Crippen LogP contribution in [0, 0.1) is 0 Å². The number of pyridine rings is 1. The Bertz CT molecular complexity index is 1050. The van der Waals surface area contributed by atoms with Gasteiger partial charge in [0.1, 0.15) is 0 Å². The van der Waals surface area contributed by atoms with E-state index in [-0.39, 0.29) is 6.04 Å². The maximum Gasteiger partial charge on any atom is 0.153 e. The predicted octanol–water partition coefficient (Wildman–Crippen LogP) is 2.70. The van der Waals surface area contributed by atoms with Crippen LogP contribution in [-0.4, -0.2) is 50.8 Å². The fraction of sp³-hybridized carbons (Fsp3) is 0.250.